The first kappa shape index (κ1) is 26.3. The maximum Gasteiger partial charge on any atom is 0.266 e. The Hall–Kier alpha value is -3.30. The van der Waals surface area contributed by atoms with Crippen molar-refractivity contribution in [3.8, 4) is 29.2 Å². The molecule has 1 N–H and O–H groups in total. The van der Waals surface area contributed by atoms with E-state index in [1.54, 1.807) is 7.11 Å². The molecule has 4 nitrogen and oxygen atoms in total. The number of halogens is 1. The van der Waals surface area contributed by atoms with Crippen molar-refractivity contribution >= 4 is 38.9 Å². The number of rotatable bonds is 7. The van der Waals surface area contributed by atoms with E-state index in [-0.39, 0.29) is 11.9 Å². The molecule has 38 heavy (non-hydrogen) atoms. The molecule has 5 rings (SSSR count). The third kappa shape index (κ3) is 5.31. The van der Waals surface area contributed by atoms with E-state index < -0.39 is 0 Å². The highest BCUT2D eigenvalue weighted by Crippen LogP contribution is 2.38. The molecule has 1 saturated carbocycles. The number of methoxy groups -OCH3 is 1. The summed E-state index contributed by atoms with van der Waals surface area (Å²) in [4.78, 5) is 16.8. The molecule has 0 bridgehead atoms. The number of terminal acetylenes is 1. The third-order valence-corrected chi connectivity index (χ3v) is 9.21. The number of fused-ring (bicyclic) bond motifs is 1. The molecule has 0 spiro atoms. The molecular formula is C32H31ClN2O2S. The second-order valence-corrected chi connectivity index (χ2v) is 11.1. The molecule has 0 atom stereocenters. The highest BCUT2D eigenvalue weighted by atomic mass is 35.5. The molecule has 0 saturated heterocycles. The van der Waals surface area contributed by atoms with Gasteiger partial charge in [0.25, 0.3) is 5.91 Å². The Kier molecular flexibility index (Phi) is 8.04. The van der Waals surface area contributed by atoms with Crippen LogP contribution in [0.3, 0.4) is 0 Å². The van der Waals surface area contributed by atoms with Gasteiger partial charge in [-0.05, 0) is 74.2 Å². The van der Waals surface area contributed by atoms with Crippen LogP contribution in [0.15, 0.2) is 66.7 Å². The summed E-state index contributed by atoms with van der Waals surface area (Å²) in [6.45, 7) is 0.442. The van der Waals surface area contributed by atoms with Crippen molar-refractivity contribution in [1.29, 1.82) is 0 Å². The number of thiophene rings is 1. The zero-order valence-electron chi connectivity index (χ0n) is 21.7. The van der Waals surface area contributed by atoms with Crippen LogP contribution in [0.2, 0.25) is 5.02 Å². The normalized spacial score (nSPS) is 17.2. The summed E-state index contributed by atoms with van der Waals surface area (Å²) in [5, 5.41) is 4.87. The highest BCUT2D eigenvalue weighted by molar-refractivity contribution is 7.21. The zero-order valence-corrected chi connectivity index (χ0v) is 23.2. The summed E-state index contributed by atoms with van der Waals surface area (Å²) < 4.78 is 6.78. The van der Waals surface area contributed by atoms with Crippen LogP contribution in [0.5, 0.6) is 5.75 Å². The summed E-state index contributed by atoms with van der Waals surface area (Å²) in [6, 6.07) is 22.6. The number of benzene rings is 3. The number of carbonyl (C=O) groups excluding carboxylic acids is 1. The van der Waals surface area contributed by atoms with E-state index in [0.29, 0.717) is 22.5 Å². The van der Waals surface area contributed by atoms with E-state index in [9.17, 15) is 4.79 Å². The fraction of sp³-hybridized carbons (Fsp3) is 0.281. The van der Waals surface area contributed by atoms with E-state index in [1.807, 2.05) is 72.6 Å². The maximum atomic E-state index is 14.2. The molecular weight excluding hydrogens is 512 g/mol. The van der Waals surface area contributed by atoms with Crippen molar-refractivity contribution in [2.45, 2.75) is 44.3 Å². The number of hydrogen-bond acceptors (Lipinski definition) is 4. The SMILES string of the molecule is C#Cc1ccc(-c2ccc(OC)c(CN(C(=O)c3sc4ccccc4c3Cl)C3CCC(NC)CC3)c2)cc1. The van der Waals surface area contributed by atoms with Crippen molar-refractivity contribution in [1.82, 2.24) is 10.2 Å². The van der Waals surface area contributed by atoms with Gasteiger partial charge in [0.15, 0.2) is 0 Å². The highest BCUT2D eigenvalue weighted by Gasteiger charge is 2.32. The van der Waals surface area contributed by atoms with Gasteiger partial charge in [-0.25, -0.2) is 0 Å². The first-order valence-electron chi connectivity index (χ1n) is 12.9. The average Bonchev–Trinajstić information content (AvgIpc) is 3.32. The first-order valence-corrected chi connectivity index (χ1v) is 14.1. The molecule has 4 aromatic rings. The second-order valence-electron chi connectivity index (χ2n) is 9.72. The number of ether oxygens (including phenoxy) is 1. The number of nitrogens with zero attached hydrogens (tertiary/aromatic N) is 1. The summed E-state index contributed by atoms with van der Waals surface area (Å²) in [5.41, 5.74) is 3.92. The summed E-state index contributed by atoms with van der Waals surface area (Å²) in [7, 11) is 3.69. The van der Waals surface area contributed by atoms with Crippen molar-refractivity contribution in [2.24, 2.45) is 0 Å². The Morgan fingerprint density at radius 1 is 1.08 bits per heavy atom. The number of amides is 1. The lowest BCUT2D eigenvalue weighted by Crippen LogP contribution is -2.44. The third-order valence-electron chi connectivity index (χ3n) is 7.54. The van der Waals surface area contributed by atoms with Crippen LogP contribution in [-0.4, -0.2) is 37.0 Å². The van der Waals surface area contributed by atoms with E-state index in [1.165, 1.54) is 11.3 Å². The van der Waals surface area contributed by atoms with Gasteiger partial charge in [0.2, 0.25) is 0 Å². The minimum absolute atomic E-state index is 0.0186. The van der Waals surface area contributed by atoms with Gasteiger partial charge in [-0.1, -0.05) is 53.9 Å². The maximum absolute atomic E-state index is 14.2. The average molecular weight is 543 g/mol. The molecule has 6 heteroatoms. The van der Waals surface area contributed by atoms with Gasteiger partial charge in [-0.15, -0.1) is 17.8 Å². The molecule has 1 heterocycles. The van der Waals surface area contributed by atoms with Crippen LogP contribution in [0.4, 0.5) is 0 Å². The minimum atomic E-state index is -0.0186. The monoisotopic (exact) mass is 542 g/mol. The van der Waals surface area contributed by atoms with E-state index in [2.05, 4.69) is 17.3 Å². The Bertz CT molecular complexity index is 1480. The molecule has 1 aromatic heterocycles. The lowest BCUT2D eigenvalue weighted by atomic mass is 9.89. The second kappa shape index (κ2) is 11.6. The van der Waals surface area contributed by atoms with Gasteiger partial charge in [0.1, 0.15) is 10.6 Å². The van der Waals surface area contributed by atoms with Crippen LogP contribution in [0, 0.1) is 12.3 Å². The predicted octanol–water partition coefficient (Wildman–Crippen LogP) is 7.38. The van der Waals surface area contributed by atoms with Crippen LogP contribution in [-0.2, 0) is 6.54 Å². The van der Waals surface area contributed by atoms with Gasteiger partial charge < -0.3 is 15.0 Å². The Labute approximate surface area is 233 Å². The summed E-state index contributed by atoms with van der Waals surface area (Å²) >= 11 is 8.26. The lowest BCUT2D eigenvalue weighted by molar-refractivity contribution is 0.0604. The number of hydrogen-bond donors (Lipinski definition) is 1. The molecule has 1 aliphatic carbocycles. The molecule has 1 aliphatic rings. The molecule has 0 radical (unpaired) electrons. The lowest BCUT2D eigenvalue weighted by Gasteiger charge is -2.37. The molecule has 3 aromatic carbocycles. The molecule has 0 aliphatic heterocycles. The van der Waals surface area contributed by atoms with Gasteiger partial charge in [0.05, 0.1) is 12.1 Å². The summed E-state index contributed by atoms with van der Waals surface area (Å²) in [6.07, 6.45) is 9.48. The standard InChI is InChI=1S/C32H31ClN2O2S/c1-4-21-9-11-22(12-10-21)23-13-18-28(37-3)24(19-23)20-35(26-16-14-25(34-2)15-17-26)32(36)31-30(33)27-7-5-6-8-29(27)38-31/h1,5-13,18-19,25-26,34H,14-17,20H2,2-3H3. The zero-order chi connectivity index (χ0) is 26.6. The quantitative estimate of drug-likeness (QED) is 0.248. The van der Waals surface area contributed by atoms with E-state index >= 15 is 0 Å². The largest absolute Gasteiger partial charge is 0.496 e. The fourth-order valence-electron chi connectivity index (χ4n) is 5.35. The fourth-order valence-corrected chi connectivity index (χ4v) is 6.82. The van der Waals surface area contributed by atoms with Gasteiger partial charge in [-0.2, -0.15) is 0 Å². The van der Waals surface area contributed by atoms with Crippen molar-refractivity contribution < 1.29 is 9.53 Å². The summed E-state index contributed by atoms with van der Waals surface area (Å²) in [5.74, 6) is 3.41. The Morgan fingerprint density at radius 3 is 2.45 bits per heavy atom. The minimum Gasteiger partial charge on any atom is -0.496 e. The topological polar surface area (TPSA) is 41.6 Å². The van der Waals surface area contributed by atoms with Gasteiger partial charge in [-0.3, -0.25) is 4.79 Å². The van der Waals surface area contributed by atoms with E-state index in [4.69, 9.17) is 22.8 Å². The molecule has 0 unspecified atom stereocenters. The van der Waals surface area contributed by atoms with Crippen LogP contribution in [0.25, 0.3) is 21.2 Å². The van der Waals surface area contributed by atoms with E-state index in [0.717, 1.165) is 63.8 Å². The molecule has 1 fully saturated rings. The van der Waals surface area contributed by atoms with Crippen LogP contribution in [0.1, 0.15) is 46.5 Å². The Balaban J connectivity index is 1.52. The Morgan fingerprint density at radius 2 is 1.79 bits per heavy atom. The van der Waals surface area contributed by atoms with Crippen LogP contribution < -0.4 is 10.1 Å². The van der Waals surface area contributed by atoms with Crippen molar-refractivity contribution in [3.63, 3.8) is 0 Å². The van der Waals surface area contributed by atoms with Crippen molar-refractivity contribution in [3.05, 3.63) is 87.8 Å². The number of nitrogens with one attached hydrogen (secondary N) is 1. The van der Waals surface area contributed by atoms with Gasteiger partial charge in [0, 0.05) is 39.8 Å². The first-order chi connectivity index (χ1) is 18.5. The smallest absolute Gasteiger partial charge is 0.266 e. The van der Waals surface area contributed by atoms with Gasteiger partial charge >= 0.3 is 0 Å². The number of carbonyl (C=O) groups is 1. The predicted molar refractivity (Wildman–Crippen MR) is 158 cm³/mol. The van der Waals surface area contributed by atoms with Crippen LogP contribution >= 0.6 is 22.9 Å². The van der Waals surface area contributed by atoms with Crippen molar-refractivity contribution in [2.75, 3.05) is 14.2 Å². The molecule has 1 amide bonds. The molecule has 194 valence electrons.